The molecule has 0 fully saturated rings. The van der Waals surface area contributed by atoms with Gasteiger partial charge in [-0.2, -0.15) is 4.98 Å². The van der Waals surface area contributed by atoms with E-state index in [0.29, 0.717) is 29.7 Å². The molecule has 1 aromatic heterocycles. The molecule has 1 aromatic carbocycles. The Hall–Kier alpha value is -2.57. The van der Waals surface area contributed by atoms with Crippen LogP contribution in [0.2, 0.25) is 0 Å². The fourth-order valence-electron chi connectivity index (χ4n) is 1.74. The Balaban J connectivity index is 2.34. The van der Waals surface area contributed by atoms with Crippen LogP contribution in [0.1, 0.15) is 6.92 Å². The van der Waals surface area contributed by atoms with Gasteiger partial charge in [-0.1, -0.05) is 0 Å². The van der Waals surface area contributed by atoms with E-state index < -0.39 is 5.82 Å². The molecule has 0 spiro atoms. The zero-order valence-electron chi connectivity index (χ0n) is 12.1. The predicted octanol–water partition coefficient (Wildman–Crippen LogP) is 2.81. The molecule has 0 saturated carbocycles. The van der Waals surface area contributed by atoms with Crippen LogP contribution in [-0.2, 0) is 0 Å². The second kappa shape index (κ2) is 6.74. The zero-order valence-corrected chi connectivity index (χ0v) is 12.1. The molecule has 0 atom stereocenters. The Morgan fingerprint density at radius 2 is 2.05 bits per heavy atom. The van der Waals surface area contributed by atoms with E-state index in [0.717, 1.165) is 6.20 Å². The molecule has 112 valence electrons. The number of hydrogen-bond donors (Lipinski definition) is 2. The number of benzene rings is 1. The summed E-state index contributed by atoms with van der Waals surface area (Å²) in [6.07, 6.45) is 1.11. The topological polar surface area (TPSA) is 68.3 Å². The average molecular weight is 292 g/mol. The minimum atomic E-state index is -0.554. The minimum absolute atomic E-state index is 0.0625. The molecular formula is C14H17FN4O2. The van der Waals surface area contributed by atoms with E-state index in [2.05, 4.69) is 20.6 Å². The number of methoxy groups -OCH3 is 2. The molecule has 0 unspecified atom stereocenters. The van der Waals surface area contributed by atoms with Crippen LogP contribution in [0.15, 0.2) is 24.4 Å². The van der Waals surface area contributed by atoms with Gasteiger partial charge in [0.15, 0.2) is 11.6 Å². The van der Waals surface area contributed by atoms with E-state index in [1.54, 1.807) is 25.3 Å². The van der Waals surface area contributed by atoms with Gasteiger partial charge >= 0.3 is 0 Å². The van der Waals surface area contributed by atoms with E-state index in [1.165, 1.54) is 7.11 Å². The normalized spacial score (nSPS) is 10.1. The fraction of sp³-hybridized carbons (Fsp3) is 0.286. The van der Waals surface area contributed by atoms with Gasteiger partial charge in [0.05, 0.1) is 26.1 Å². The van der Waals surface area contributed by atoms with Gasteiger partial charge in [0, 0.05) is 12.6 Å². The first-order valence-electron chi connectivity index (χ1n) is 6.43. The van der Waals surface area contributed by atoms with Gasteiger partial charge in [0.25, 0.3) is 0 Å². The minimum Gasteiger partial charge on any atom is -0.497 e. The summed E-state index contributed by atoms with van der Waals surface area (Å²) in [5.74, 6) is 1.04. The smallest absolute Gasteiger partial charge is 0.224 e. The molecule has 21 heavy (non-hydrogen) atoms. The molecule has 2 aromatic rings. The van der Waals surface area contributed by atoms with Crippen molar-refractivity contribution in [2.45, 2.75) is 6.92 Å². The zero-order chi connectivity index (χ0) is 15.2. The van der Waals surface area contributed by atoms with Gasteiger partial charge in [-0.3, -0.25) is 0 Å². The molecule has 7 heteroatoms. The quantitative estimate of drug-likeness (QED) is 0.853. The molecule has 0 saturated heterocycles. The molecule has 0 aliphatic rings. The van der Waals surface area contributed by atoms with Crippen LogP contribution < -0.4 is 20.1 Å². The molecular weight excluding hydrogens is 275 g/mol. The molecule has 6 nitrogen and oxygen atoms in total. The highest BCUT2D eigenvalue weighted by Crippen LogP contribution is 2.31. The number of anilines is 3. The van der Waals surface area contributed by atoms with E-state index in [4.69, 9.17) is 9.47 Å². The lowest BCUT2D eigenvalue weighted by atomic mass is 10.2. The van der Waals surface area contributed by atoms with Crippen molar-refractivity contribution in [3.63, 3.8) is 0 Å². The van der Waals surface area contributed by atoms with Gasteiger partial charge in [0.2, 0.25) is 5.95 Å². The fourth-order valence-corrected chi connectivity index (χ4v) is 1.74. The summed E-state index contributed by atoms with van der Waals surface area (Å²) in [6.45, 7) is 2.55. The van der Waals surface area contributed by atoms with E-state index in [1.807, 2.05) is 6.92 Å². The van der Waals surface area contributed by atoms with E-state index in [9.17, 15) is 4.39 Å². The van der Waals surface area contributed by atoms with Crippen molar-refractivity contribution in [2.75, 3.05) is 31.4 Å². The number of nitrogens with zero attached hydrogens (tertiary/aromatic N) is 2. The van der Waals surface area contributed by atoms with Crippen LogP contribution in [0.3, 0.4) is 0 Å². The lowest BCUT2D eigenvalue weighted by molar-refractivity contribution is 0.404. The van der Waals surface area contributed by atoms with Crippen molar-refractivity contribution in [3.05, 3.63) is 30.2 Å². The molecule has 1 heterocycles. The van der Waals surface area contributed by atoms with Crippen molar-refractivity contribution >= 4 is 17.5 Å². The molecule has 0 amide bonds. The monoisotopic (exact) mass is 292 g/mol. The highest BCUT2D eigenvalue weighted by Gasteiger charge is 2.11. The van der Waals surface area contributed by atoms with Crippen LogP contribution in [0.4, 0.5) is 21.8 Å². The van der Waals surface area contributed by atoms with Crippen molar-refractivity contribution in [3.8, 4) is 11.5 Å². The first kappa shape index (κ1) is 14.8. The number of nitrogens with one attached hydrogen (secondary N) is 2. The maximum Gasteiger partial charge on any atom is 0.224 e. The maximum atomic E-state index is 13.8. The SMILES string of the molecule is CCNc1ncc(F)c(Nc2cc(OC)ccc2OC)n1. The number of aromatic nitrogens is 2. The van der Waals surface area contributed by atoms with Crippen LogP contribution >= 0.6 is 0 Å². The lowest BCUT2D eigenvalue weighted by Gasteiger charge is -2.13. The summed E-state index contributed by atoms with van der Waals surface area (Å²) in [5, 5.41) is 5.82. The largest absolute Gasteiger partial charge is 0.497 e. The highest BCUT2D eigenvalue weighted by atomic mass is 19.1. The second-order valence-corrected chi connectivity index (χ2v) is 4.11. The van der Waals surface area contributed by atoms with Gasteiger partial charge in [-0.05, 0) is 19.1 Å². The molecule has 0 aliphatic carbocycles. The lowest BCUT2D eigenvalue weighted by Crippen LogP contribution is -2.06. The van der Waals surface area contributed by atoms with Crippen LogP contribution in [0.25, 0.3) is 0 Å². The Bertz CT molecular complexity index is 622. The Kier molecular flexibility index (Phi) is 4.76. The third-order valence-electron chi connectivity index (χ3n) is 2.74. The number of ether oxygens (including phenoxy) is 2. The second-order valence-electron chi connectivity index (χ2n) is 4.11. The highest BCUT2D eigenvalue weighted by molar-refractivity contribution is 5.66. The summed E-state index contributed by atoms with van der Waals surface area (Å²) in [5.41, 5.74) is 0.553. The van der Waals surface area contributed by atoms with Gasteiger partial charge in [0.1, 0.15) is 11.5 Å². The Morgan fingerprint density at radius 1 is 1.24 bits per heavy atom. The van der Waals surface area contributed by atoms with Crippen LogP contribution in [0.5, 0.6) is 11.5 Å². The molecule has 0 aliphatic heterocycles. The summed E-state index contributed by atoms with van der Waals surface area (Å²) in [6, 6.07) is 5.18. The van der Waals surface area contributed by atoms with Gasteiger partial charge in [-0.15, -0.1) is 0 Å². The van der Waals surface area contributed by atoms with Gasteiger partial charge in [-0.25, -0.2) is 9.37 Å². The molecule has 2 N–H and O–H groups in total. The predicted molar refractivity (Wildman–Crippen MR) is 79.0 cm³/mol. The maximum absolute atomic E-state index is 13.8. The van der Waals surface area contributed by atoms with Crippen molar-refractivity contribution in [2.24, 2.45) is 0 Å². The summed E-state index contributed by atoms with van der Waals surface area (Å²) in [4.78, 5) is 7.94. The third-order valence-corrected chi connectivity index (χ3v) is 2.74. The van der Waals surface area contributed by atoms with Crippen LogP contribution in [0, 0.1) is 5.82 Å². The molecule has 2 rings (SSSR count). The van der Waals surface area contributed by atoms with E-state index >= 15 is 0 Å². The standard InChI is InChI=1S/C14H17FN4O2/c1-4-16-14-17-8-10(15)13(19-14)18-11-7-9(20-2)5-6-12(11)21-3/h5-8H,4H2,1-3H3,(H2,16,17,18,19). The van der Waals surface area contributed by atoms with Crippen molar-refractivity contribution < 1.29 is 13.9 Å². The first-order chi connectivity index (χ1) is 10.2. The summed E-state index contributed by atoms with van der Waals surface area (Å²) >= 11 is 0. The Morgan fingerprint density at radius 3 is 2.71 bits per heavy atom. The van der Waals surface area contributed by atoms with E-state index in [-0.39, 0.29) is 5.82 Å². The number of rotatable bonds is 6. The number of hydrogen-bond acceptors (Lipinski definition) is 6. The first-order valence-corrected chi connectivity index (χ1v) is 6.43. The average Bonchev–Trinajstić information content (AvgIpc) is 2.50. The number of halogens is 1. The van der Waals surface area contributed by atoms with Gasteiger partial charge < -0.3 is 20.1 Å². The molecule has 0 radical (unpaired) electrons. The summed E-state index contributed by atoms with van der Waals surface area (Å²) in [7, 11) is 3.09. The third kappa shape index (κ3) is 3.50. The van der Waals surface area contributed by atoms with Crippen molar-refractivity contribution in [1.29, 1.82) is 0 Å². The summed E-state index contributed by atoms with van der Waals surface area (Å²) < 4.78 is 24.2. The Labute approximate surface area is 122 Å². The van der Waals surface area contributed by atoms with Crippen molar-refractivity contribution in [1.82, 2.24) is 9.97 Å². The van der Waals surface area contributed by atoms with Crippen LogP contribution in [-0.4, -0.2) is 30.7 Å². The molecule has 0 bridgehead atoms.